The van der Waals surface area contributed by atoms with E-state index in [4.69, 9.17) is 4.74 Å². The highest BCUT2D eigenvalue weighted by Crippen LogP contribution is 2.13. The highest BCUT2D eigenvalue weighted by atomic mass is 16.6. The molecule has 0 aliphatic carbocycles. The molecule has 0 heterocycles. The van der Waals surface area contributed by atoms with Crippen LogP contribution in [-0.4, -0.2) is 35.4 Å². The second kappa shape index (κ2) is 3.64. The Labute approximate surface area is 65.1 Å². The summed E-state index contributed by atoms with van der Waals surface area (Å²) >= 11 is 0. The maximum atomic E-state index is 9.96. The Kier molecular flexibility index (Phi) is 3.41. The summed E-state index contributed by atoms with van der Waals surface area (Å²) < 4.78 is 4.85. The van der Waals surface area contributed by atoms with E-state index in [1.807, 2.05) is 0 Å². The highest BCUT2D eigenvalue weighted by Gasteiger charge is 2.31. The van der Waals surface area contributed by atoms with E-state index in [9.17, 15) is 15.2 Å². The van der Waals surface area contributed by atoms with Crippen molar-refractivity contribution < 1.29 is 14.8 Å². The van der Waals surface area contributed by atoms with E-state index in [1.165, 1.54) is 7.11 Å². The van der Waals surface area contributed by atoms with E-state index in [0.29, 0.717) is 0 Å². The lowest BCUT2D eigenvalue weighted by Gasteiger charge is -2.25. The molecule has 1 N–H and O–H groups in total. The van der Waals surface area contributed by atoms with Crippen LogP contribution in [0.4, 0.5) is 0 Å². The number of nitro groups is 1. The first-order valence-electron chi connectivity index (χ1n) is 3.25. The Bertz CT molecular complexity index is 146. The molecule has 0 aliphatic rings. The van der Waals surface area contributed by atoms with Crippen LogP contribution in [0.1, 0.15) is 13.8 Å². The van der Waals surface area contributed by atoms with Gasteiger partial charge < -0.3 is 9.84 Å². The smallest absolute Gasteiger partial charge is 0.232 e. The van der Waals surface area contributed by atoms with Crippen molar-refractivity contribution in [3.05, 3.63) is 10.1 Å². The first kappa shape index (κ1) is 10.3. The fourth-order valence-electron chi connectivity index (χ4n) is 0.497. The topological polar surface area (TPSA) is 72.6 Å². The summed E-state index contributed by atoms with van der Waals surface area (Å²) in [5.74, 6) is 0. The summed E-state index contributed by atoms with van der Waals surface area (Å²) in [6, 6.07) is 0. The molecule has 0 amide bonds. The second-order valence-corrected chi connectivity index (χ2v) is 2.84. The van der Waals surface area contributed by atoms with Gasteiger partial charge in [0, 0.05) is 12.0 Å². The maximum absolute atomic E-state index is 9.96. The van der Waals surface area contributed by atoms with Gasteiger partial charge >= 0.3 is 0 Å². The van der Waals surface area contributed by atoms with Crippen LogP contribution < -0.4 is 0 Å². The molecule has 11 heavy (non-hydrogen) atoms. The zero-order valence-electron chi connectivity index (χ0n) is 6.90. The lowest BCUT2D eigenvalue weighted by molar-refractivity contribution is -0.495. The number of hydrogen-bond acceptors (Lipinski definition) is 4. The quantitative estimate of drug-likeness (QED) is 0.469. The van der Waals surface area contributed by atoms with Gasteiger partial charge in [-0.2, -0.15) is 0 Å². The van der Waals surface area contributed by atoms with Gasteiger partial charge in [0.05, 0.1) is 5.60 Å². The third-order valence-corrected chi connectivity index (χ3v) is 1.65. The van der Waals surface area contributed by atoms with E-state index in [2.05, 4.69) is 0 Å². The van der Waals surface area contributed by atoms with Crippen LogP contribution in [0.2, 0.25) is 0 Å². The number of ether oxygens (including phenoxy) is 1. The first-order chi connectivity index (χ1) is 4.90. The third kappa shape index (κ3) is 3.29. The lowest BCUT2D eigenvalue weighted by Crippen LogP contribution is -2.42. The summed E-state index contributed by atoms with van der Waals surface area (Å²) in [5, 5.41) is 19.1. The van der Waals surface area contributed by atoms with Crippen molar-refractivity contribution in [2.24, 2.45) is 0 Å². The minimum atomic E-state index is -1.07. The first-order valence-corrected chi connectivity index (χ1v) is 3.25. The van der Waals surface area contributed by atoms with Crippen molar-refractivity contribution in [3.8, 4) is 0 Å². The van der Waals surface area contributed by atoms with Crippen molar-refractivity contribution in [2.45, 2.75) is 25.6 Å². The van der Waals surface area contributed by atoms with Crippen LogP contribution in [0, 0.1) is 10.1 Å². The number of nitrogens with zero attached hydrogens (tertiary/aromatic N) is 1. The average molecular weight is 163 g/mol. The number of hydrogen-bond donors (Lipinski definition) is 1. The molecular formula is C6H13NO4. The van der Waals surface area contributed by atoms with Gasteiger partial charge in [0.1, 0.15) is 6.10 Å². The molecule has 5 heteroatoms. The number of methoxy groups -OCH3 is 1. The zero-order valence-corrected chi connectivity index (χ0v) is 6.90. The van der Waals surface area contributed by atoms with E-state index < -0.39 is 23.2 Å². The minimum Gasteiger partial charge on any atom is -0.383 e. The van der Waals surface area contributed by atoms with Gasteiger partial charge in [-0.3, -0.25) is 10.1 Å². The van der Waals surface area contributed by atoms with Gasteiger partial charge in [-0.05, 0) is 13.8 Å². The Balaban J connectivity index is 4.01. The molecule has 1 unspecified atom stereocenters. The summed E-state index contributed by atoms with van der Waals surface area (Å²) in [7, 11) is 1.41. The van der Waals surface area contributed by atoms with Crippen LogP contribution >= 0.6 is 0 Å². The molecule has 0 saturated heterocycles. The molecule has 0 spiro atoms. The van der Waals surface area contributed by atoms with Crippen molar-refractivity contribution in [2.75, 3.05) is 13.7 Å². The fourth-order valence-corrected chi connectivity index (χ4v) is 0.497. The average Bonchev–Trinajstić information content (AvgIpc) is 1.86. The van der Waals surface area contributed by atoms with Gasteiger partial charge in [-0.25, -0.2) is 0 Å². The van der Waals surface area contributed by atoms with E-state index in [0.717, 1.165) is 0 Å². The van der Waals surface area contributed by atoms with Crippen molar-refractivity contribution in [1.82, 2.24) is 0 Å². The molecule has 0 aromatic rings. The predicted octanol–water partition coefficient (Wildman–Crippen LogP) is 0.0490. The monoisotopic (exact) mass is 163 g/mol. The Morgan fingerprint density at radius 3 is 2.45 bits per heavy atom. The van der Waals surface area contributed by atoms with Crippen LogP contribution in [0.15, 0.2) is 0 Å². The molecule has 0 aliphatic heterocycles. The Hall–Kier alpha value is -0.680. The van der Waals surface area contributed by atoms with Crippen LogP contribution in [0.5, 0.6) is 0 Å². The molecule has 5 nitrogen and oxygen atoms in total. The number of aliphatic hydroxyl groups is 1. The van der Waals surface area contributed by atoms with Crippen LogP contribution in [-0.2, 0) is 4.74 Å². The second-order valence-electron chi connectivity index (χ2n) is 2.84. The zero-order chi connectivity index (χ0) is 9.07. The van der Waals surface area contributed by atoms with Crippen molar-refractivity contribution >= 4 is 0 Å². The van der Waals surface area contributed by atoms with E-state index in [1.54, 1.807) is 13.8 Å². The van der Waals surface area contributed by atoms with Crippen molar-refractivity contribution in [3.63, 3.8) is 0 Å². The summed E-state index contributed by atoms with van der Waals surface area (Å²) in [5.41, 5.74) is -0.854. The third-order valence-electron chi connectivity index (χ3n) is 1.65. The highest BCUT2D eigenvalue weighted by molar-refractivity contribution is 4.77. The molecule has 1 atom stereocenters. The van der Waals surface area contributed by atoms with Gasteiger partial charge in [0.25, 0.3) is 0 Å². The largest absolute Gasteiger partial charge is 0.383 e. The molecule has 0 aromatic heterocycles. The summed E-state index contributed by atoms with van der Waals surface area (Å²) in [6.45, 7) is 2.71. The molecule has 0 saturated carbocycles. The molecule has 0 aromatic carbocycles. The SMILES string of the molecule is COC(C)(C)C(O)C[N+](=O)[O-]. The number of rotatable bonds is 4. The summed E-state index contributed by atoms with van der Waals surface area (Å²) in [6.07, 6.45) is -1.07. The van der Waals surface area contributed by atoms with E-state index >= 15 is 0 Å². The van der Waals surface area contributed by atoms with E-state index in [-0.39, 0.29) is 0 Å². The molecule has 0 rings (SSSR count). The van der Waals surface area contributed by atoms with Gasteiger partial charge in [0.15, 0.2) is 0 Å². The predicted molar refractivity (Wildman–Crippen MR) is 39.0 cm³/mol. The summed E-state index contributed by atoms with van der Waals surface area (Å²) in [4.78, 5) is 9.40. The maximum Gasteiger partial charge on any atom is 0.232 e. The lowest BCUT2D eigenvalue weighted by atomic mass is 10.0. The molecular weight excluding hydrogens is 150 g/mol. The molecule has 66 valence electrons. The number of aliphatic hydroxyl groups excluding tert-OH is 1. The van der Waals surface area contributed by atoms with Gasteiger partial charge in [-0.15, -0.1) is 0 Å². The van der Waals surface area contributed by atoms with Gasteiger partial charge in [0.2, 0.25) is 6.54 Å². The Morgan fingerprint density at radius 2 is 2.18 bits per heavy atom. The van der Waals surface area contributed by atoms with Crippen molar-refractivity contribution in [1.29, 1.82) is 0 Å². The molecule has 0 radical (unpaired) electrons. The molecule has 0 fully saturated rings. The normalized spacial score (nSPS) is 14.5. The molecule has 0 bridgehead atoms. The standard InChI is InChI=1S/C6H13NO4/c1-6(2,11-3)5(8)4-7(9)10/h5,8H,4H2,1-3H3. The minimum absolute atomic E-state index is 0.485. The van der Waals surface area contributed by atoms with Gasteiger partial charge in [-0.1, -0.05) is 0 Å². The van der Waals surface area contributed by atoms with Crippen LogP contribution in [0.25, 0.3) is 0 Å². The Morgan fingerprint density at radius 1 is 1.73 bits per heavy atom. The fraction of sp³-hybridized carbons (Fsp3) is 1.00. The van der Waals surface area contributed by atoms with Crippen LogP contribution in [0.3, 0.4) is 0 Å².